The number of hydrogen-bond acceptors (Lipinski definition) is 3. The minimum atomic E-state index is -0.186. The Bertz CT molecular complexity index is 687. The van der Waals surface area contributed by atoms with Crippen molar-refractivity contribution in [3.8, 4) is 11.3 Å². The maximum atomic E-state index is 12.4. The fourth-order valence-electron chi connectivity index (χ4n) is 3.19. The number of carbonyl (C=O) groups is 1. The van der Waals surface area contributed by atoms with Gasteiger partial charge in [0.15, 0.2) is 5.76 Å². The first-order valence-corrected chi connectivity index (χ1v) is 8.42. The van der Waals surface area contributed by atoms with Gasteiger partial charge in [0.05, 0.1) is 5.02 Å². The SMILES string of the molecule is Cl.NCC1CCCCC1NC(=O)c1ccc(-c2ccccc2Cl)o1. The van der Waals surface area contributed by atoms with Gasteiger partial charge in [-0.25, -0.2) is 0 Å². The van der Waals surface area contributed by atoms with Crippen LogP contribution in [0.3, 0.4) is 0 Å². The predicted octanol–water partition coefficient (Wildman–Crippen LogP) is 4.27. The van der Waals surface area contributed by atoms with Crippen LogP contribution in [0.25, 0.3) is 11.3 Å². The lowest BCUT2D eigenvalue weighted by Gasteiger charge is -2.30. The highest BCUT2D eigenvalue weighted by Gasteiger charge is 2.26. The molecule has 24 heavy (non-hydrogen) atoms. The smallest absolute Gasteiger partial charge is 0.287 e. The monoisotopic (exact) mass is 368 g/mol. The number of furan rings is 1. The highest BCUT2D eigenvalue weighted by Crippen LogP contribution is 2.29. The van der Waals surface area contributed by atoms with Crippen molar-refractivity contribution in [3.05, 3.63) is 47.2 Å². The molecule has 3 N–H and O–H groups in total. The third-order valence-corrected chi connectivity index (χ3v) is 4.83. The van der Waals surface area contributed by atoms with E-state index < -0.39 is 0 Å². The summed E-state index contributed by atoms with van der Waals surface area (Å²) in [5, 5.41) is 3.67. The van der Waals surface area contributed by atoms with Crippen LogP contribution in [0.4, 0.5) is 0 Å². The van der Waals surface area contributed by atoms with Crippen molar-refractivity contribution in [1.82, 2.24) is 5.32 Å². The minimum absolute atomic E-state index is 0. The molecule has 1 aliphatic rings. The Morgan fingerprint density at radius 3 is 2.71 bits per heavy atom. The number of benzene rings is 1. The van der Waals surface area contributed by atoms with Gasteiger partial charge in [-0.1, -0.05) is 36.6 Å². The molecule has 0 aliphatic heterocycles. The molecule has 1 heterocycles. The normalized spacial score (nSPS) is 20.2. The second kappa shape index (κ2) is 8.56. The quantitative estimate of drug-likeness (QED) is 0.846. The molecule has 1 aromatic carbocycles. The Labute approximate surface area is 153 Å². The lowest BCUT2D eigenvalue weighted by Crippen LogP contribution is -2.44. The van der Waals surface area contributed by atoms with Gasteiger partial charge in [0.1, 0.15) is 5.76 Å². The van der Waals surface area contributed by atoms with Crippen molar-refractivity contribution in [1.29, 1.82) is 0 Å². The van der Waals surface area contributed by atoms with Crippen LogP contribution in [0.1, 0.15) is 36.2 Å². The lowest BCUT2D eigenvalue weighted by molar-refractivity contribution is 0.0880. The Morgan fingerprint density at radius 2 is 1.96 bits per heavy atom. The third-order valence-electron chi connectivity index (χ3n) is 4.50. The molecule has 0 spiro atoms. The lowest BCUT2D eigenvalue weighted by atomic mass is 9.84. The van der Waals surface area contributed by atoms with Gasteiger partial charge in [-0.15, -0.1) is 12.4 Å². The highest BCUT2D eigenvalue weighted by atomic mass is 35.5. The molecule has 3 rings (SSSR count). The van der Waals surface area contributed by atoms with Crippen LogP contribution in [0.15, 0.2) is 40.8 Å². The van der Waals surface area contributed by atoms with Crippen molar-refractivity contribution >= 4 is 29.9 Å². The zero-order valence-corrected chi connectivity index (χ0v) is 14.9. The van der Waals surface area contributed by atoms with Crippen LogP contribution in [0, 0.1) is 5.92 Å². The summed E-state index contributed by atoms with van der Waals surface area (Å²) in [4.78, 5) is 12.4. The number of nitrogens with one attached hydrogen (secondary N) is 1. The van der Waals surface area contributed by atoms with Gasteiger partial charge in [-0.05, 0) is 49.6 Å². The van der Waals surface area contributed by atoms with Gasteiger partial charge in [0.2, 0.25) is 0 Å². The number of carbonyl (C=O) groups excluding carboxylic acids is 1. The van der Waals surface area contributed by atoms with E-state index in [0.717, 1.165) is 24.8 Å². The molecule has 0 bridgehead atoms. The molecule has 130 valence electrons. The second-order valence-corrected chi connectivity index (χ2v) is 6.41. The maximum absolute atomic E-state index is 12.4. The molecular weight excluding hydrogens is 347 g/mol. The van der Waals surface area contributed by atoms with Gasteiger partial charge in [0, 0.05) is 11.6 Å². The van der Waals surface area contributed by atoms with E-state index in [9.17, 15) is 4.79 Å². The van der Waals surface area contributed by atoms with Gasteiger partial charge >= 0.3 is 0 Å². The summed E-state index contributed by atoms with van der Waals surface area (Å²) < 4.78 is 5.70. The Hall–Kier alpha value is -1.49. The summed E-state index contributed by atoms with van der Waals surface area (Å²) in [6.07, 6.45) is 4.37. The largest absolute Gasteiger partial charge is 0.451 e. The summed E-state index contributed by atoms with van der Waals surface area (Å²) in [5.74, 6) is 1.07. The van der Waals surface area contributed by atoms with Crippen molar-refractivity contribution < 1.29 is 9.21 Å². The van der Waals surface area contributed by atoms with E-state index in [2.05, 4.69) is 5.32 Å². The number of rotatable bonds is 4. The zero-order chi connectivity index (χ0) is 16.2. The third kappa shape index (κ3) is 4.12. The van der Waals surface area contributed by atoms with Crippen molar-refractivity contribution in [3.63, 3.8) is 0 Å². The molecule has 2 unspecified atom stereocenters. The van der Waals surface area contributed by atoms with Gasteiger partial charge in [0.25, 0.3) is 5.91 Å². The summed E-state index contributed by atoms with van der Waals surface area (Å²) >= 11 is 6.17. The predicted molar refractivity (Wildman–Crippen MR) is 98.7 cm³/mol. The van der Waals surface area contributed by atoms with Gasteiger partial charge < -0.3 is 15.5 Å². The molecule has 0 radical (unpaired) electrons. The van der Waals surface area contributed by atoms with Crippen molar-refractivity contribution in [2.45, 2.75) is 31.7 Å². The topological polar surface area (TPSA) is 68.3 Å². The molecule has 2 atom stereocenters. The highest BCUT2D eigenvalue weighted by molar-refractivity contribution is 6.33. The molecule has 1 aliphatic carbocycles. The fraction of sp³-hybridized carbons (Fsp3) is 0.389. The van der Waals surface area contributed by atoms with Crippen LogP contribution in [0.2, 0.25) is 5.02 Å². The number of halogens is 2. The molecule has 2 aromatic rings. The number of hydrogen-bond donors (Lipinski definition) is 2. The van der Waals surface area contributed by atoms with Crippen LogP contribution < -0.4 is 11.1 Å². The fourth-order valence-corrected chi connectivity index (χ4v) is 3.41. The van der Waals surface area contributed by atoms with E-state index in [1.807, 2.05) is 18.2 Å². The summed E-state index contributed by atoms with van der Waals surface area (Å²) in [7, 11) is 0. The van der Waals surface area contributed by atoms with Gasteiger partial charge in [-0.3, -0.25) is 4.79 Å². The van der Waals surface area contributed by atoms with E-state index in [0.29, 0.717) is 29.0 Å². The van der Waals surface area contributed by atoms with E-state index >= 15 is 0 Å². The summed E-state index contributed by atoms with van der Waals surface area (Å²) in [5.41, 5.74) is 6.60. The van der Waals surface area contributed by atoms with Gasteiger partial charge in [-0.2, -0.15) is 0 Å². The van der Waals surface area contributed by atoms with Crippen LogP contribution in [-0.4, -0.2) is 18.5 Å². The van der Waals surface area contributed by atoms with E-state index in [-0.39, 0.29) is 24.4 Å². The number of nitrogens with two attached hydrogens (primary N) is 1. The van der Waals surface area contributed by atoms with Crippen LogP contribution in [0.5, 0.6) is 0 Å². The molecular formula is C18H22Cl2N2O2. The Kier molecular flexibility index (Phi) is 6.72. The second-order valence-electron chi connectivity index (χ2n) is 6.00. The molecule has 6 heteroatoms. The number of amides is 1. The maximum Gasteiger partial charge on any atom is 0.287 e. The Morgan fingerprint density at radius 1 is 1.21 bits per heavy atom. The summed E-state index contributed by atoms with van der Waals surface area (Å²) in [6, 6.07) is 11.0. The molecule has 1 fully saturated rings. The molecule has 1 saturated carbocycles. The molecule has 1 aromatic heterocycles. The first kappa shape index (κ1) is 18.8. The average molecular weight is 369 g/mol. The minimum Gasteiger partial charge on any atom is -0.451 e. The molecule has 1 amide bonds. The first-order chi connectivity index (χ1) is 11.2. The van der Waals surface area contributed by atoms with Crippen LogP contribution >= 0.6 is 24.0 Å². The summed E-state index contributed by atoms with van der Waals surface area (Å²) in [6.45, 7) is 0.605. The zero-order valence-electron chi connectivity index (χ0n) is 13.3. The van der Waals surface area contributed by atoms with Crippen molar-refractivity contribution in [2.24, 2.45) is 11.7 Å². The van der Waals surface area contributed by atoms with E-state index in [1.54, 1.807) is 18.2 Å². The molecule has 4 nitrogen and oxygen atoms in total. The standard InChI is InChI=1S/C18H21ClN2O2.ClH/c19-14-7-3-2-6-13(14)16-9-10-17(23-16)18(22)21-15-8-4-1-5-12(15)11-20;/h2-3,6-7,9-10,12,15H,1,4-5,8,11,20H2,(H,21,22);1H. The van der Waals surface area contributed by atoms with Crippen LogP contribution in [-0.2, 0) is 0 Å². The molecule has 0 saturated heterocycles. The van der Waals surface area contributed by atoms with E-state index in [1.165, 1.54) is 6.42 Å². The Balaban J connectivity index is 0.00000208. The average Bonchev–Trinajstić information content (AvgIpc) is 3.05. The van der Waals surface area contributed by atoms with E-state index in [4.69, 9.17) is 21.8 Å². The first-order valence-electron chi connectivity index (χ1n) is 8.04. The van der Waals surface area contributed by atoms with Crippen molar-refractivity contribution in [2.75, 3.05) is 6.54 Å².